The number of rotatable bonds is 2. The molecule has 5 heteroatoms. The largest absolute Gasteiger partial charge is 0.495 e. The van der Waals surface area contributed by atoms with E-state index < -0.39 is 6.17 Å². The molecule has 0 amide bonds. The van der Waals surface area contributed by atoms with Crippen LogP contribution in [0.4, 0.5) is 0 Å². The number of ether oxygens (including phenoxy) is 1. The van der Waals surface area contributed by atoms with E-state index in [0.29, 0.717) is 21.4 Å². The van der Waals surface area contributed by atoms with E-state index in [-0.39, 0.29) is 0 Å². The molecule has 0 radical (unpaired) electrons. The van der Waals surface area contributed by atoms with E-state index in [4.69, 9.17) is 39.4 Å². The van der Waals surface area contributed by atoms with Crippen molar-refractivity contribution in [2.75, 3.05) is 7.11 Å². The van der Waals surface area contributed by atoms with Crippen LogP contribution in [0.3, 0.4) is 0 Å². The predicted octanol–water partition coefficient (Wildman–Crippen LogP) is 1.92. The average Bonchev–Trinajstić information content (AvgIpc) is 2.02. The second-order valence-electron chi connectivity index (χ2n) is 2.54. The molecule has 0 heterocycles. The van der Waals surface area contributed by atoms with Crippen molar-refractivity contribution in [3.63, 3.8) is 0 Å². The first-order valence-corrected chi connectivity index (χ1v) is 4.36. The molecular weight excluding hydrogens is 211 g/mol. The molecule has 1 aromatic rings. The molecule has 0 unspecified atom stereocenters. The van der Waals surface area contributed by atoms with Crippen LogP contribution in [0, 0.1) is 0 Å². The Morgan fingerprint density at radius 2 is 1.92 bits per heavy atom. The van der Waals surface area contributed by atoms with Gasteiger partial charge in [-0.05, 0) is 12.1 Å². The monoisotopic (exact) mass is 220 g/mol. The number of hydrogen-bond acceptors (Lipinski definition) is 3. The lowest BCUT2D eigenvalue weighted by Crippen LogP contribution is -2.20. The van der Waals surface area contributed by atoms with Crippen molar-refractivity contribution in [1.82, 2.24) is 0 Å². The summed E-state index contributed by atoms with van der Waals surface area (Å²) in [5.74, 6) is 0.473. The highest BCUT2D eigenvalue weighted by atomic mass is 35.5. The fourth-order valence-electron chi connectivity index (χ4n) is 1.04. The summed E-state index contributed by atoms with van der Waals surface area (Å²) in [6.45, 7) is 0. The number of hydrogen-bond donors (Lipinski definition) is 2. The summed E-state index contributed by atoms with van der Waals surface area (Å²) >= 11 is 11.6. The average molecular weight is 221 g/mol. The van der Waals surface area contributed by atoms with Crippen molar-refractivity contribution >= 4 is 23.2 Å². The Bertz CT molecular complexity index is 315. The van der Waals surface area contributed by atoms with Crippen LogP contribution < -0.4 is 16.2 Å². The molecule has 13 heavy (non-hydrogen) atoms. The maximum atomic E-state index is 5.86. The highest BCUT2D eigenvalue weighted by Crippen LogP contribution is 2.33. The molecule has 0 bridgehead atoms. The lowest BCUT2D eigenvalue weighted by Gasteiger charge is -2.13. The van der Waals surface area contributed by atoms with Gasteiger partial charge in [-0.15, -0.1) is 0 Å². The molecule has 0 saturated heterocycles. The van der Waals surface area contributed by atoms with Gasteiger partial charge in [-0.2, -0.15) is 0 Å². The van der Waals surface area contributed by atoms with E-state index in [0.717, 1.165) is 0 Å². The molecule has 0 saturated carbocycles. The van der Waals surface area contributed by atoms with Crippen molar-refractivity contribution in [1.29, 1.82) is 0 Å². The molecule has 0 aliphatic carbocycles. The van der Waals surface area contributed by atoms with Crippen LogP contribution in [0.2, 0.25) is 10.0 Å². The molecule has 0 aliphatic heterocycles. The lowest BCUT2D eigenvalue weighted by molar-refractivity contribution is 0.406. The Morgan fingerprint density at radius 1 is 1.31 bits per heavy atom. The molecule has 0 aromatic heterocycles. The van der Waals surface area contributed by atoms with E-state index >= 15 is 0 Å². The Hall–Kier alpha value is -0.480. The summed E-state index contributed by atoms with van der Waals surface area (Å²) in [4.78, 5) is 0. The highest BCUT2D eigenvalue weighted by molar-refractivity contribution is 6.35. The Kier molecular flexibility index (Phi) is 3.39. The molecule has 0 aliphatic rings. The van der Waals surface area contributed by atoms with Gasteiger partial charge in [-0.3, -0.25) is 0 Å². The molecule has 0 atom stereocenters. The fourth-order valence-corrected chi connectivity index (χ4v) is 1.63. The Balaban J connectivity index is 3.29. The van der Waals surface area contributed by atoms with Crippen LogP contribution in [-0.4, -0.2) is 7.11 Å². The van der Waals surface area contributed by atoms with Gasteiger partial charge < -0.3 is 16.2 Å². The smallest absolute Gasteiger partial charge is 0.143 e. The van der Waals surface area contributed by atoms with Gasteiger partial charge >= 0.3 is 0 Å². The number of benzene rings is 1. The zero-order chi connectivity index (χ0) is 10.0. The van der Waals surface area contributed by atoms with Crippen molar-refractivity contribution in [3.05, 3.63) is 27.7 Å². The lowest BCUT2D eigenvalue weighted by atomic mass is 10.1. The van der Waals surface area contributed by atoms with E-state index in [1.165, 1.54) is 7.11 Å². The summed E-state index contributed by atoms with van der Waals surface area (Å²) in [6.07, 6.45) is -0.647. The number of methoxy groups -OCH3 is 1. The number of halogens is 2. The minimum absolute atomic E-state index is 0.408. The number of nitrogens with two attached hydrogens (primary N) is 2. The second-order valence-corrected chi connectivity index (χ2v) is 3.38. The summed E-state index contributed by atoms with van der Waals surface area (Å²) in [7, 11) is 1.50. The first kappa shape index (κ1) is 10.6. The highest BCUT2D eigenvalue weighted by Gasteiger charge is 2.12. The molecule has 72 valence electrons. The minimum Gasteiger partial charge on any atom is -0.495 e. The normalized spacial score (nSPS) is 10.6. The maximum absolute atomic E-state index is 5.86. The SMILES string of the molecule is COc1c(Cl)cc(Cl)cc1C(N)N. The third-order valence-corrected chi connectivity index (χ3v) is 2.10. The van der Waals surface area contributed by atoms with Gasteiger partial charge in [-0.1, -0.05) is 23.2 Å². The summed E-state index contributed by atoms with van der Waals surface area (Å²) in [5, 5.41) is 0.896. The van der Waals surface area contributed by atoms with Crippen molar-refractivity contribution in [3.8, 4) is 5.75 Å². The van der Waals surface area contributed by atoms with Crippen molar-refractivity contribution in [2.45, 2.75) is 6.17 Å². The van der Waals surface area contributed by atoms with Crippen molar-refractivity contribution < 1.29 is 4.74 Å². The van der Waals surface area contributed by atoms with Crippen LogP contribution in [0.15, 0.2) is 12.1 Å². The van der Waals surface area contributed by atoms with Gasteiger partial charge in [0.05, 0.1) is 18.3 Å². The van der Waals surface area contributed by atoms with Crippen LogP contribution in [0.5, 0.6) is 5.75 Å². The zero-order valence-electron chi connectivity index (χ0n) is 7.05. The third kappa shape index (κ3) is 2.25. The quantitative estimate of drug-likeness (QED) is 0.750. The van der Waals surface area contributed by atoms with Gasteiger partial charge in [0.25, 0.3) is 0 Å². The molecule has 0 fully saturated rings. The van der Waals surface area contributed by atoms with E-state index in [2.05, 4.69) is 0 Å². The van der Waals surface area contributed by atoms with Crippen LogP contribution >= 0.6 is 23.2 Å². The van der Waals surface area contributed by atoms with Gasteiger partial charge in [0.1, 0.15) is 5.75 Å². The van der Waals surface area contributed by atoms with Crippen molar-refractivity contribution in [2.24, 2.45) is 11.5 Å². The summed E-state index contributed by atoms with van der Waals surface area (Å²) in [5.41, 5.74) is 11.6. The molecular formula is C8H10Cl2N2O. The summed E-state index contributed by atoms with van der Waals surface area (Å²) in [6, 6.07) is 3.21. The van der Waals surface area contributed by atoms with Gasteiger partial charge in [-0.25, -0.2) is 0 Å². The van der Waals surface area contributed by atoms with Gasteiger partial charge in [0.15, 0.2) is 0 Å². The van der Waals surface area contributed by atoms with Gasteiger partial charge in [0, 0.05) is 10.6 Å². The van der Waals surface area contributed by atoms with Crippen LogP contribution in [0.25, 0.3) is 0 Å². The van der Waals surface area contributed by atoms with E-state index in [1.807, 2.05) is 0 Å². The first-order chi connectivity index (χ1) is 6.06. The topological polar surface area (TPSA) is 61.3 Å². The third-order valence-electron chi connectivity index (χ3n) is 1.60. The minimum atomic E-state index is -0.647. The first-order valence-electron chi connectivity index (χ1n) is 3.60. The Labute approximate surface area is 86.6 Å². The Morgan fingerprint density at radius 3 is 2.38 bits per heavy atom. The second kappa shape index (κ2) is 4.15. The van der Waals surface area contributed by atoms with E-state index in [9.17, 15) is 0 Å². The van der Waals surface area contributed by atoms with Crippen LogP contribution in [0.1, 0.15) is 11.7 Å². The summed E-state index contributed by atoms with van der Waals surface area (Å²) < 4.78 is 5.04. The standard InChI is InChI=1S/C8H10Cl2N2O/c1-13-7-5(8(11)12)2-4(9)3-6(7)10/h2-3,8H,11-12H2,1H3. The molecule has 3 nitrogen and oxygen atoms in total. The maximum Gasteiger partial charge on any atom is 0.143 e. The van der Waals surface area contributed by atoms with Gasteiger partial charge in [0.2, 0.25) is 0 Å². The van der Waals surface area contributed by atoms with E-state index in [1.54, 1.807) is 12.1 Å². The molecule has 0 spiro atoms. The molecule has 1 rings (SSSR count). The molecule has 4 N–H and O–H groups in total. The molecule has 1 aromatic carbocycles. The zero-order valence-corrected chi connectivity index (χ0v) is 8.56. The predicted molar refractivity (Wildman–Crippen MR) is 54.1 cm³/mol. The van der Waals surface area contributed by atoms with Crippen LogP contribution in [-0.2, 0) is 0 Å². The fraction of sp³-hybridized carbons (Fsp3) is 0.250.